The number of aromatic nitrogens is 1. The predicted molar refractivity (Wildman–Crippen MR) is 128 cm³/mol. The van der Waals surface area contributed by atoms with Crippen LogP contribution in [0.4, 0.5) is 18.9 Å². The highest BCUT2D eigenvalue weighted by atomic mass is 19.4. The number of nitrogens with zero attached hydrogens (tertiary/aromatic N) is 1. The maximum atomic E-state index is 13.1. The van der Waals surface area contributed by atoms with Crippen LogP contribution >= 0.6 is 0 Å². The molecule has 4 aromatic rings. The minimum Gasteiger partial charge on any atom is -0.497 e. The molecule has 3 aromatic carbocycles. The molecule has 0 atom stereocenters. The molecular formula is C26H20F3N3O4. The Labute approximate surface area is 203 Å². The zero-order valence-corrected chi connectivity index (χ0v) is 18.9. The normalized spacial score (nSPS) is 11.3. The van der Waals surface area contributed by atoms with Gasteiger partial charge in [-0.25, -0.2) is 0 Å². The van der Waals surface area contributed by atoms with Crippen molar-refractivity contribution in [2.24, 2.45) is 5.73 Å². The number of hydrogen-bond donors (Lipinski definition) is 2. The van der Waals surface area contributed by atoms with Crippen LogP contribution in [-0.4, -0.2) is 22.9 Å². The van der Waals surface area contributed by atoms with Gasteiger partial charge in [-0.3, -0.25) is 14.9 Å². The summed E-state index contributed by atoms with van der Waals surface area (Å²) in [5.41, 5.74) is 6.80. The van der Waals surface area contributed by atoms with Crippen molar-refractivity contribution in [3.05, 3.63) is 105 Å². The van der Waals surface area contributed by atoms with Gasteiger partial charge < -0.3 is 15.5 Å². The minimum atomic E-state index is -4.52. The summed E-state index contributed by atoms with van der Waals surface area (Å²) in [7, 11) is 1.52. The third-order valence-electron chi connectivity index (χ3n) is 5.76. The fourth-order valence-electron chi connectivity index (χ4n) is 4.05. The molecule has 1 amide bonds. The summed E-state index contributed by atoms with van der Waals surface area (Å²) in [5, 5.41) is 11.7. The average Bonchev–Trinajstić information content (AvgIpc) is 3.23. The monoisotopic (exact) mass is 495 g/mol. The third-order valence-corrected chi connectivity index (χ3v) is 5.76. The number of nitro benzene ring substituents is 1. The maximum Gasteiger partial charge on any atom is 0.416 e. The topological polar surface area (TPSA) is 111 Å². The van der Waals surface area contributed by atoms with Crippen molar-refractivity contribution in [2.75, 3.05) is 7.11 Å². The van der Waals surface area contributed by atoms with Crippen molar-refractivity contribution in [3.8, 4) is 28.3 Å². The zero-order valence-electron chi connectivity index (χ0n) is 18.9. The van der Waals surface area contributed by atoms with Gasteiger partial charge in [-0.05, 0) is 47.0 Å². The molecule has 4 rings (SSSR count). The van der Waals surface area contributed by atoms with Gasteiger partial charge in [0.15, 0.2) is 0 Å². The first kappa shape index (κ1) is 24.5. The molecule has 0 bridgehead atoms. The molecule has 0 aliphatic heterocycles. The van der Waals surface area contributed by atoms with Crippen molar-refractivity contribution in [3.63, 3.8) is 0 Å². The average molecular weight is 495 g/mol. The summed E-state index contributed by atoms with van der Waals surface area (Å²) in [5.74, 6) is -0.215. The number of aromatic amines is 1. The van der Waals surface area contributed by atoms with Crippen molar-refractivity contribution in [1.29, 1.82) is 0 Å². The molecule has 0 fully saturated rings. The fourth-order valence-corrected chi connectivity index (χ4v) is 4.05. The number of nitrogens with two attached hydrogens (primary N) is 1. The van der Waals surface area contributed by atoms with E-state index in [1.165, 1.54) is 37.4 Å². The van der Waals surface area contributed by atoms with Crippen molar-refractivity contribution in [1.82, 2.24) is 4.98 Å². The van der Waals surface area contributed by atoms with Gasteiger partial charge in [0.25, 0.3) is 11.6 Å². The zero-order chi connectivity index (χ0) is 26.0. The molecule has 0 radical (unpaired) electrons. The Morgan fingerprint density at radius 3 is 2.19 bits per heavy atom. The summed E-state index contributed by atoms with van der Waals surface area (Å²) in [6, 6.07) is 17.3. The Kier molecular flexibility index (Phi) is 6.52. The number of hydrogen-bond acceptors (Lipinski definition) is 4. The lowest BCUT2D eigenvalue weighted by Gasteiger charge is -2.10. The van der Waals surface area contributed by atoms with Gasteiger partial charge in [0.1, 0.15) is 5.75 Å². The van der Waals surface area contributed by atoms with E-state index in [-0.39, 0.29) is 28.9 Å². The number of carbonyl (C=O) groups is 1. The number of H-pyrrole nitrogens is 1. The van der Waals surface area contributed by atoms with Crippen LogP contribution in [0.3, 0.4) is 0 Å². The van der Waals surface area contributed by atoms with Gasteiger partial charge in [-0.15, -0.1) is 0 Å². The second-order valence-corrected chi connectivity index (χ2v) is 7.97. The van der Waals surface area contributed by atoms with Gasteiger partial charge in [0.05, 0.1) is 40.1 Å². The molecule has 0 aliphatic carbocycles. The number of rotatable bonds is 7. The van der Waals surface area contributed by atoms with E-state index in [2.05, 4.69) is 4.98 Å². The van der Waals surface area contributed by atoms with E-state index in [1.807, 2.05) is 0 Å². The molecule has 36 heavy (non-hydrogen) atoms. The molecule has 0 saturated carbocycles. The molecule has 1 heterocycles. The van der Waals surface area contributed by atoms with Gasteiger partial charge in [-0.1, -0.05) is 36.4 Å². The Morgan fingerprint density at radius 2 is 1.64 bits per heavy atom. The minimum absolute atomic E-state index is 0.0232. The smallest absolute Gasteiger partial charge is 0.416 e. The Morgan fingerprint density at radius 1 is 1.00 bits per heavy atom. The Bertz CT molecular complexity index is 1430. The number of benzene rings is 3. The van der Waals surface area contributed by atoms with E-state index < -0.39 is 22.6 Å². The number of primary amides is 1. The molecule has 0 unspecified atom stereocenters. The van der Waals surface area contributed by atoms with Crippen LogP contribution in [0.1, 0.15) is 27.0 Å². The largest absolute Gasteiger partial charge is 0.497 e. The molecule has 10 heteroatoms. The predicted octanol–water partition coefficient (Wildman–Crippen LogP) is 5.97. The van der Waals surface area contributed by atoms with Gasteiger partial charge >= 0.3 is 6.18 Å². The molecule has 0 spiro atoms. The first-order valence-corrected chi connectivity index (χ1v) is 10.7. The number of alkyl halides is 3. The van der Waals surface area contributed by atoms with Gasteiger partial charge in [0, 0.05) is 12.5 Å². The van der Waals surface area contributed by atoms with Crippen molar-refractivity contribution >= 4 is 11.6 Å². The summed E-state index contributed by atoms with van der Waals surface area (Å²) in [6.07, 6.45) is -4.34. The molecular weight excluding hydrogens is 475 g/mol. The summed E-state index contributed by atoms with van der Waals surface area (Å²) >= 11 is 0. The molecule has 7 nitrogen and oxygen atoms in total. The van der Waals surface area contributed by atoms with Crippen LogP contribution in [0.15, 0.2) is 72.8 Å². The van der Waals surface area contributed by atoms with E-state index in [0.29, 0.717) is 22.6 Å². The number of ether oxygens (including phenoxy) is 1. The number of carbonyl (C=O) groups excluding carboxylic acids is 1. The highest BCUT2D eigenvalue weighted by Gasteiger charge is 2.31. The number of para-hydroxylation sites is 1. The highest BCUT2D eigenvalue weighted by molar-refractivity contribution is 6.04. The summed E-state index contributed by atoms with van der Waals surface area (Å²) in [6.45, 7) is 0. The SMILES string of the molecule is COc1ccc(Cc2c(-c3ccc(C(F)(F)F)cc3)[nH]c(-c3ccccc3[N+](=O)[O-])c2C(N)=O)cc1. The van der Waals surface area contributed by atoms with E-state index in [0.717, 1.165) is 17.7 Å². The van der Waals surface area contributed by atoms with Gasteiger partial charge in [0.2, 0.25) is 0 Å². The van der Waals surface area contributed by atoms with Crippen molar-refractivity contribution < 1.29 is 27.6 Å². The lowest BCUT2D eigenvalue weighted by molar-refractivity contribution is -0.384. The van der Waals surface area contributed by atoms with E-state index in [4.69, 9.17) is 10.5 Å². The van der Waals surface area contributed by atoms with E-state index in [9.17, 15) is 28.1 Å². The van der Waals surface area contributed by atoms with Crippen LogP contribution in [0.2, 0.25) is 0 Å². The third kappa shape index (κ3) is 4.78. The standard InChI is InChI=1S/C26H20F3N3O4/c1-36-18-12-6-15(7-13-18)14-20-22(25(30)33)24(19-4-2-3-5-21(19)32(34)35)31-23(20)16-8-10-17(11-9-16)26(27,28)29/h2-13,31H,14H2,1H3,(H2,30,33). The molecule has 3 N–H and O–H groups in total. The number of nitrogens with one attached hydrogen (secondary N) is 1. The first-order valence-electron chi connectivity index (χ1n) is 10.7. The maximum absolute atomic E-state index is 13.1. The van der Waals surface area contributed by atoms with Crippen LogP contribution < -0.4 is 10.5 Å². The van der Waals surface area contributed by atoms with Crippen LogP contribution in [0.5, 0.6) is 5.75 Å². The van der Waals surface area contributed by atoms with Crippen LogP contribution in [0, 0.1) is 10.1 Å². The molecule has 0 saturated heterocycles. The molecule has 0 aliphatic rings. The fraction of sp³-hybridized carbons (Fsp3) is 0.115. The number of amides is 1. The number of methoxy groups -OCH3 is 1. The summed E-state index contributed by atoms with van der Waals surface area (Å²) < 4.78 is 44.5. The second-order valence-electron chi connectivity index (χ2n) is 7.97. The Balaban J connectivity index is 1.95. The quantitative estimate of drug-likeness (QED) is 0.243. The van der Waals surface area contributed by atoms with Gasteiger partial charge in [-0.2, -0.15) is 13.2 Å². The molecule has 184 valence electrons. The van der Waals surface area contributed by atoms with E-state index >= 15 is 0 Å². The number of halogens is 3. The highest BCUT2D eigenvalue weighted by Crippen LogP contribution is 2.39. The summed E-state index contributed by atoms with van der Waals surface area (Å²) in [4.78, 5) is 26.8. The lowest BCUT2D eigenvalue weighted by atomic mass is 9.95. The van der Waals surface area contributed by atoms with E-state index in [1.54, 1.807) is 30.3 Å². The first-order chi connectivity index (χ1) is 17.1. The molecule has 1 aromatic heterocycles. The Hall–Kier alpha value is -4.60. The lowest BCUT2D eigenvalue weighted by Crippen LogP contribution is -2.14. The second kappa shape index (κ2) is 9.57. The van der Waals surface area contributed by atoms with Crippen molar-refractivity contribution in [2.45, 2.75) is 12.6 Å². The van der Waals surface area contributed by atoms with Crippen LogP contribution in [0.25, 0.3) is 22.5 Å². The van der Waals surface area contributed by atoms with Crippen LogP contribution in [-0.2, 0) is 12.6 Å². The number of nitro groups is 1.